The fourth-order valence-electron chi connectivity index (χ4n) is 2.56. The Bertz CT molecular complexity index is 671. The molecule has 3 rings (SSSR count). The van der Waals surface area contributed by atoms with Crippen molar-refractivity contribution >= 4 is 23.1 Å². The lowest BCUT2D eigenvalue weighted by Gasteiger charge is -2.30. The molecule has 1 saturated heterocycles. The number of thiazole rings is 1. The van der Waals surface area contributed by atoms with Crippen molar-refractivity contribution in [1.82, 2.24) is 9.88 Å². The Kier molecular flexibility index (Phi) is 4.40. The molecule has 1 aliphatic heterocycles. The predicted molar refractivity (Wildman–Crippen MR) is 88.1 cm³/mol. The van der Waals surface area contributed by atoms with Crippen LogP contribution in [0.1, 0.15) is 18.5 Å². The van der Waals surface area contributed by atoms with E-state index in [1.165, 1.54) is 0 Å². The molecule has 2 amide bonds. The number of aryl methyl sites for hydroxylation is 1. The molecule has 1 fully saturated rings. The molecule has 5 nitrogen and oxygen atoms in total. The summed E-state index contributed by atoms with van der Waals surface area (Å²) < 4.78 is 0. The van der Waals surface area contributed by atoms with Crippen molar-refractivity contribution in [2.45, 2.75) is 25.9 Å². The number of β-amino-alcohol motifs (C(OH)–C–C–N with tert-alkyl or cyclic N) is 1. The van der Waals surface area contributed by atoms with Gasteiger partial charge >= 0.3 is 6.03 Å². The van der Waals surface area contributed by atoms with Gasteiger partial charge in [-0.15, -0.1) is 11.3 Å². The fourth-order valence-corrected chi connectivity index (χ4v) is 3.35. The Morgan fingerprint density at radius 2 is 2.36 bits per heavy atom. The van der Waals surface area contributed by atoms with Crippen LogP contribution in [0.2, 0.25) is 0 Å². The Morgan fingerprint density at radius 1 is 1.50 bits per heavy atom. The molecule has 0 radical (unpaired) electrons. The highest BCUT2D eigenvalue weighted by Gasteiger charge is 2.22. The van der Waals surface area contributed by atoms with Crippen LogP contribution >= 0.6 is 11.3 Å². The summed E-state index contributed by atoms with van der Waals surface area (Å²) in [6, 6.07) is 7.52. The van der Waals surface area contributed by atoms with Crippen molar-refractivity contribution in [1.29, 1.82) is 0 Å². The topological polar surface area (TPSA) is 65.5 Å². The van der Waals surface area contributed by atoms with Crippen LogP contribution in [-0.2, 0) is 0 Å². The van der Waals surface area contributed by atoms with Crippen molar-refractivity contribution in [3.05, 3.63) is 35.3 Å². The first kappa shape index (κ1) is 15.0. The van der Waals surface area contributed by atoms with Crippen LogP contribution in [0.3, 0.4) is 0 Å². The summed E-state index contributed by atoms with van der Waals surface area (Å²) in [7, 11) is 0. The second-order valence-corrected chi connectivity index (χ2v) is 6.41. The normalized spacial score (nSPS) is 18.3. The number of aliphatic hydroxyl groups is 1. The smallest absolute Gasteiger partial charge is 0.321 e. The minimum atomic E-state index is -0.413. The summed E-state index contributed by atoms with van der Waals surface area (Å²) in [6.07, 6.45) is 1.19. The van der Waals surface area contributed by atoms with Crippen molar-refractivity contribution in [3.8, 4) is 10.6 Å². The van der Waals surface area contributed by atoms with Gasteiger partial charge in [0.2, 0.25) is 0 Å². The number of hydrogen-bond acceptors (Lipinski definition) is 4. The van der Waals surface area contributed by atoms with Crippen LogP contribution in [-0.4, -0.2) is 40.2 Å². The van der Waals surface area contributed by atoms with E-state index >= 15 is 0 Å². The van der Waals surface area contributed by atoms with Crippen LogP contribution in [0.5, 0.6) is 0 Å². The van der Waals surface area contributed by atoms with E-state index in [9.17, 15) is 9.90 Å². The van der Waals surface area contributed by atoms with Gasteiger partial charge in [0.15, 0.2) is 0 Å². The summed E-state index contributed by atoms with van der Waals surface area (Å²) in [5.41, 5.74) is 2.74. The van der Waals surface area contributed by atoms with Gasteiger partial charge in [0.25, 0.3) is 0 Å². The van der Waals surface area contributed by atoms with Crippen molar-refractivity contribution < 1.29 is 9.90 Å². The van der Waals surface area contributed by atoms with Crippen LogP contribution in [0.4, 0.5) is 10.5 Å². The number of aromatic nitrogens is 1. The highest BCUT2D eigenvalue weighted by Crippen LogP contribution is 2.26. The molecule has 0 spiro atoms. The number of urea groups is 1. The molecule has 6 heteroatoms. The minimum absolute atomic E-state index is 0.161. The lowest BCUT2D eigenvalue weighted by atomic mass is 10.1. The van der Waals surface area contributed by atoms with Gasteiger partial charge in [0, 0.05) is 35.4 Å². The third-order valence-electron chi connectivity index (χ3n) is 3.66. The molecule has 1 aliphatic rings. The minimum Gasteiger partial charge on any atom is -0.391 e. The first-order valence-corrected chi connectivity index (χ1v) is 8.26. The van der Waals surface area contributed by atoms with Crippen LogP contribution in [0.15, 0.2) is 29.6 Å². The van der Waals surface area contributed by atoms with Gasteiger partial charge in [-0.05, 0) is 31.9 Å². The summed E-state index contributed by atoms with van der Waals surface area (Å²) >= 11 is 1.59. The maximum absolute atomic E-state index is 12.3. The van der Waals surface area contributed by atoms with Gasteiger partial charge in [-0.25, -0.2) is 9.78 Å². The average Bonchev–Trinajstić information content (AvgIpc) is 2.94. The number of nitrogens with zero attached hydrogens (tertiary/aromatic N) is 2. The number of hydrogen-bond donors (Lipinski definition) is 2. The molecule has 116 valence electrons. The van der Waals surface area contributed by atoms with E-state index in [4.69, 9.17) is 0 Å². The first-order valence-electron chi connectivity index (χ1n) is 7.38. The van der Waals surface area contributed by atoms with Crippen molar-refractivity contribution in [2.24, 2.45) is 0 Å². The molecular formula is C16H19N3O2S. The third kappa shape index (κ3) is 3.45. The summed E-state index contributed by atoms with van der Waals surface area (Å²) in [6.45, 7) is 3.05. The number of rotatable bonds is 2. The highest BCUT2D eigenvalue weighted by molar-refractivity contribution is 7.13. The number of amides is 2. The van der Waals surface area contributed by atoms with Crippen LogP contribution in [0, 0.1) is 6.92 Å². The SMILES string of the molecule is Cc1csc(-c2cccc(NC(=O)N3CCCC(O)C3)c2)n1. The second-order valence-electron chi connectivity index (χ2n) is 5.55. The first-order chi connectivity index (χ1) is 10.6. The number of benzene rings is 1. The van der Waals surface area contributed by atoms with Gasteiger partial charge in [0.05, 0.1) is 6.10 Å². The maximum Gasteiger partial charge on any atom is 0.321 e. The van der Waals surface area contributed by atoms with Gasteiger partial charge in [-0.2, -0.15) is 0 Å². The summed E-state index contributed by atoms with van der Waals surface area (Å²) in [5, 5.41) is 15.5. The van der Waals surface area contributed by atoms with Crippen molar-refractivity contribution in [3.63, 3.8) is 0 Å². The molecule has 0 saturated carbocycles. The Labute approximate surface area is 133 Å². The van der Waals surface area contributed by atoms with E-state index in [0.29, 0.717) is 13.1 Å². The van der Waals surface area contributed by atoms with E-state index in [1.807, 2.05) is 36.6 Å². The zero-order valence-corrected chi connectivity index (χ0v) is 13.3. The zero-order valence-electron chi connectivity index (χ0n) is 12.5. The van der Waals surface area contributed by atoms with E-state index in [1.54, 1.807) is 16.2 Å². The van der Waals surface area contributed by atoms with Gasteiger partial charge in [0.1, 0.15) is 5.01 Å². The molecule has 1 atom stereocenters. The number of anilines is 1. The average molecular weight is 317 g/mol. The number of nitrogens with one attached hydrogen (secondary N) is 1. The molecule has 2 heterocycles. The van der Waals surface area contributed by atoms with Gasteiger partial charge < -0.3 is 15.3 Å². The lowest BCUT2D eigenvalue weighted by Crippen LogP contribution is -2.44. The molecule has 1 aromatic carbocycles. The standard InChI is InChI=1S/C16H19N3O2S/c1-11-10-22-15(17-11)12-4-2-5-13(8-12)18-16(21)19-7-3-6-14(20)9-19/h2,4-5,8,10,14,20H,3,6-7,9H2,1H3,(H,18,21). The number of likely N-dealkylation sites (tertiary alicyclic amines) is 1. The predicted octanol–water partition coefficient (Wildman–Crippen LogP) is 3.11. The largest absolute Gasteiger partial charge is 0.391 e. The summed E-state index contributed by atoms with van der Waals surface area (Å²) in [5.74, 6) is 0. The van der Waals surface area contributed by atoms with E-state index in [0.717, 1.165) is 34.8 Å². The van der Waals surface area contributed by atoms with Crippen LogP contribution < -0.4 is 5.32 Å². The Balaban J connectivity index is 1.71. The van der Waals surface area contributed by atoms with E-state index < -0.39 is 6.10 Å². The third-order valence-corrected chi connectivity index (χ3v) is 4.67. The molecule has 22 heavy (non-hydrogen) atoms. The highest BCUT2D eigenvalue weighted by atomic mass is 32.1. The molecule has 2 aromatic rings. The number of carbonyl (C=O) groups is 1. The Hall–Kier alpha value is -1.92. The van der Waals surface area contributed by atoms with Gasteiger partial charge in [-0.1, -0.05) is 12.1 Å². The van der Waals surface area contributed by atoms with Gasteiger partial charge in [-0.3, -0.25) is 0 Å². The molecule has 2 N–H and O–H groups in total. The monoisotopic (exact) mass is 317 g/mol. The maximum atomic E-state index is 12.3. The fraction of sp³-hybridized carbons (Fsp3) is 0.375. The second kappa shape index (κ2) is 6.46. The molecule has 0 bridgehead atoms. The van der Waals surface area contributed by atoms with E-state index in [2.05, 4.69) is 10.3 Å². The molecule has 0 aliphatic carbocycles. The van der Waals surface area contributed by atoms with Crippen molar-refractivity contribution in [2.75, 3.05) is 18.4 Å². The zero-order chi connectivity index (χ0) is 15.5. The number of carbonyl (C=O) groups excluding carboxylic acids is 1. The number of aliphatic hydroxyl groups excluding tert-OH is 1. The molecule has 1 unspecified atom stereocenters. The molecular weight excluding hydrogens is 298 g/mol. The van der Waals surface area contributed by atoms with Crippen LogP contribution in [0.25, 0.3) is 10.6 Å². The summed E-state index contributed by atoms with van der Waals surface area (Å²) in [4.78, 5) is 18.4. The quantitative estimate of drug-likeness (QED) is 0.894. The lowest BCUT2D eigenvalue weighted by molar-refractivity contribution is 0.0883. The number of piperidine rings is 1. The molecule has 1 aromatic heterocycles. The van der Waals surface area contributed by atoms with E-state index in [-0.39, 0.29) is 6.03 Å². The Morgan fingerprint density at radius 3 is 3.09 bits per heavy atom.